The van der Waals surface area contributed by atoms with E-state index in [4.69, 9.17) is 0 Å². The zero-order valence-electron chi connectivity index (χ0n) is 11.7. The SMILES string of the molecule is C[C@@H](Sc1nnnn1C)C(=O)NC1(C#N)CCCCC1. The maximum Gasteiger partial charge on any atom is 0.234 e. The lowest BCUT2D eigenvalue weighted by Crippen LogP contribution is -2.50. The van der Waals surface area contributed by atoms with Crippen molar-refractivity contribution in [3.05, 3.63) is 0 Å². The molecule has 2 rings (SSSR count). The first-order valence-electron chi connectivity index (χ1n) is 6.69. The van der Waals surface area contributed by atoms with Crippen molar-refractivity contribution < 1.29 is 4.79 Å². The largest absolute Gasteiger partial charge is 0.337 e. The molecule has 0 bridgehead atoms. The molecule has 1 heterocycles. The summed E-state index contributed by atoms with van der Waals surface area (Å²) in [6.45, 7) is 1.79. The minimum absolute atomic E-state index is 0.138. The molecule has 1 aromatic rings. The van der Waals surface area contributed by atoms with E-state index in [2.05, 4.69) is 26.9 Å². The van der Waals surface area contributed by atoms with Gasteiger partial charge in [-0.1, -0.05) is 31.0 Å². The van der Waals surface area contributed by atoms with Crippen molar-refractivity contribution in [2.75, 3.05) is 0 Å². The third-order valence-electron chi connectivity index (χ3n) is 3.52. The Kier molecular flexibility index (Phi) is 4.60. The second-order valence-electron chi connectivity index (χ2n) is 5.09. The summed E-state index contributed by atoms with van der Waals surface area (Å²) in [5, 5.41) is 23.6. The van der Waals surface area contributed by atoms with Gasteiger partial charge in [-0.3, -0.25) is 4.79 Å². The summed E-state index contributed by atoms with van der Waals surface area (Å²) in [5.41, 5.74) is -0.692. The summed E-state index contributed by atoms with van der Waals surface area (Å²) in [7, 11) is 1.73. The first kappa shape index (κ1) is 14.8. The smallest absolute Gasteiger partial charge is 0.234 e. The monoisotopic (exact) mass is 294 g/mol. The van der Waals surface area contributed by atoms with Crippen molar-refractivity contribution in [1.82, 2.24) is 25.5 Å². The predicted molar refractivity (Wildman–Crippen MR) is 73.7 cm³/mol. The lowest BCUT2D eigenvalue weighted by Gasteiger charge is -2.32. The van der Waals surface area contributed by atoms with Gasteiger partial charge in [0.25, 0.3) is 0 Å². The number of nitrogens with zero attached hydrogens (tertiary/aromatic N) is 5. The van der Waals surface area contributed by atoms with Crippen LogP contribution in [0.1, 0.15) is 39.0 Å². The number of hydrogen-bond acceptors (Lipinski definition) is 6. The lowest BCUT2D eigenvalue weighted by molar-refractivity contribution is -0.121. The molecule has 1 aliphatic carbocycles. The Morgan fingerprint density at radius 1 is 1.50 bits per heavy atom. The second kappa shape index (κ2) is 6.22. The maximum atomic E-state index is 12.3. The highest BCUT2D eigenvalue weighted by molar-refractivity contribution is 8.00. The lowest BCUT2D eigenvalue weighted by atomic mass is 9.83. The summed E-state index contributed by atoms with van der Waals surface area (Å²) >= 11 is 1.29. The first-order valence-corrected chi connectivity index (χ1v) is 7.56. The molecular weight excluding hydrogens is 276 g/mol. The van der Waals surface area contributed by atoms with E-state index in [0.29, 0.717) is 5.16 Å². The zero-order valence-corrected chi connectivity index (χ0v) is 12.5. The standard InChI is InChI=1S/C12H18N6OS/c1-9(20-11-15-16-17-18(11)2)10(19)14-12(8-13)6-4-3-5-7-12/h9H,3-7H2,1-2H3,(H,14,19)/t9-/m1/s1. The van der Waals surface area contributed by atoms with Crippen LogP contribution in [-0.2, 0) is 11.8 Å². The summed E-state index contributed by atoms with van der Waals surface area (Å²) in [6.07, 6.45) is 4.58. The van der Waals surface area contributed by atoms with Crippen LogP contribution in [0.2, 0.25) is 0 Å². The molecule has 1 saturated carbocycles. The van der Waals surface area contributed by atoms with E-state index < -0.39 is 5.54 Å². The van der Waals surface area contributed by atoms with E-state index in [0.717, 1.165) is 32.1 Å². The van der Waals surface area contributed by atoms with E-state index in [-0.39, 0.29) is 11.2 Å². The Hall–Kier alpha value is -1.62. The van der Waals surface area contributed by atoms with Crippen LogP contribution in [0.3, 0.4) is 0 Å². The number of aryl methyl sites for hydroxylation is 1. The number of carbonyl (C=O) groups is 1. The summed E-state index contributed by atoms with van der Waals surface area (Å²) in [5.74, 6) is -0.138. The molecule has 1 N–H and O–H groups in total. The van der Waals surface area contributed by atoms with Crippen LogP contribution in [0.25, 0.3) is 0 Å². The number of amides is 1. The van der Waals surface area contributed by atoms with Gasteiger partial charge in [0.15, 0.2) is 0 Å². The molecule has 1 amide bonds. The minimum Gasteiger partial charge on any atom is -0.337 e. The van der Waals surface area contributed by atoms with E-state index in [9.17, 15) is 10.1 Å². The predicted octanol–water partition coefficient (Wildman–Crippen LogP) is 1.03. The Morgan fingerprint density at radius 2 is 2.20 bits per heavy atom. The fraction of sp³-hybridized carbons (Fsp3) is 0.750. The molecule has 20 heavy (non-hydrogen) atoms. The molecule has 7 nitrogen and oxygen atoms in total. The number of carbonyl (C=O) groups excluding carboxylic acids is 1. The molecule has 1 atom stereocenters. The first-order chi connectivity index (χ1) is 9.56. The second-order valence-corrected chi connectivity index (χ2v) is 6.40. The Bertz CT molecular complexity index is 516. The van der Waals surface area contributed by atoms with Crippen molar-refractivity contribution in [1.29, 1.82) is 5.26 Å². The third kappa shape index (κ3) is 3.28. The van der Waals surface area contributed by atoms with Crippen molar-refractivity contribution in [2.24, 2.45) is 7.05 Å². The van der Waals surface area contributed by atoms with Crippen LogP contribution in [0, 0.1) is 11.3 Å². The molecule has 0 aliphatic heterocycles. The average Bonchev–Trinajstić information content (AvgIpc) is 2.85. The Labute approximate surface area is 122 Å². The molecular formula is C12H18N6OS. The Morgan fingerprint density at radius 3 is 2.75 bits per heavy atom. The molecule has 0 aromatic carbocycles. The van der Waals surface area contributed by atoms with E-state index in [1.807, 2.05) is 0 Å². The number of nitrogens with one attached hydrogen (secondary N) is 1. The van der Waals surface area contributed by atoms with Crippen LogP contribution in [0.5, 0.6) is 0 Å². The molecule has 108 valence electrons. The quantitative estimate of drug-likeness (QED) is 0.833. The molecule has 0 saturated heterocycles. The van der Waals surface area contributed by atoms with Gasteiger partial charge in [-0.15, -0.1) is 5.10 Å². The van der Waals surface area contributed by atoms with Crippen LogP contribution in [0.4, 0.5) is 0 Å². The van der Waals surface area contributed by atoms with Gasteiger partial charge in [-0.25, -0.2) is 4.68 Å². The number of nitriles is 1. The number of aromatic nitrogens is 4. The van der Waals surface area contributed by atoms with E-state index in [1.54, 1.807) is 14.0 Å². The zero-order chi connectivity index (χ0) is 14.6. The summed E-state index contributed by atoms with van der Waals surface area (Å²) in [6, 6.07) is 2.29. The van der Waals surface area contributed by atoms with Crippen molar-refractivity contribution in [2.45, 2.75) is 55.0 Å². The van der Waals surface area contributed by atoms with Crippen LogP contribution in [-0.4, -0.2) is 36.9 Å². The molecule has 1 aromatic heterocycles. The summed E-state index contributed by atoms with van der Waals surface area (Å²) < 4.78 is 1.52. The molecule has 0 spiro atoms. The third-order valence-corrected chi connectivity index (χ3v) is 4.64. The Balaban J connectivity index is 1.97. The van der Waals surface area contributed by atoms with Crippen LogP contribution < -0.4 is 5.32 Å². The van der Waals surface area contributed by atoms with Crippen molar-refractivity contribution in [3.63, 3.8) is 0 Å². The minimum atomic E-state index is -0.692. The topological polar surface area (TPSA) is 96.5 Å². The number of tetrazole rings is 1. The molecule has 8 heteroatoms. The van der Waals surface area contributed by atoms with Crippen LogP contribution in [0.15, 0.2) is 5.16 Å². The maximum absolute atomic E-state index is 12.3. The van der Waals surface area contributed by atoms with Gasteiger partial charge in [0.05, 0.1) is 11.3 Å². The molecule has 0 unspecified atom stereocenters. The average molecular weight is 294 g/mol. The van der Waals surface area contributed by atoms with Crippen molar-refractivity contribution in [3.8, 4) is 6.07 Å². The van der Waals surface area contributed by atoms with Gasteiger partial charge in [-0.05, 0) is 30.2 Å². The number of rotatable bonds is 4. The highest BCUT2D eigenvalue weighted by atomic mass is 32.2. The van der Waals surface area contributed by atoms with E-state index >= 15 is 0 Å². The fourth-order valence-electron chi connectivity index (χ4n) is 2.29. The van der Waals surface area contributed by atoms with Gasteiger partial charge in [0, 0.05) is 7.05 Å². The summed E-state index contributed by atoms with van der Waals surface area (Å²) in [4.78, 5) is 12.3. The van der Waals surface area contributed by atoms with Gasteiger partial charge < -0.3 is 5.32 Å². The number of hydrogen-bond donors (Lipinski definition) is 1. The van der Waals surface area contributed by atoms with Gasteiger partial charge in [-0.2, -0.15) is 5.26 Å². The van der Waals surface area contributed by atoms with E-state index in [1.165, 1.54) is 16.4 Å². The fourth-order valence-corrected chi connectivity index (χ4v) is 3.05. The van der Waals surface area contributed by atoms with Crippen molar-refractivity contribution >= 4 is 17.7 Å². The van der Waals surface area contributed by atoms with Crippen LogP contribution >= 0.6 is 11.8 Å². The molecule has 1 aliphatic rings. The highest BCUT2D eigenvalue weighted by Gasteiger charge is 2.35. The normalized spacial score (nSPS) is 19.1. The van der Waals surface area contributed by atoms with Gasteiger partial charge >= 0.3 is 0 Å². The molecule has 1 fully saturated rings. The van der Waals surface area contributed by atoms with Gasteiger partial charge in [0.2, 0.25) is 11.1 Å². The molecule has 0 radical (unpaired) electrons. The van der Waals surface area contributed by atoms with Gasteiger partial charge in [0.1, 0.15) is 5.54 Å². The highest BCUT2D eigenvalue weighted by Crippen LogP contribution is 2.28. The number of thioether (sulfide) groups is 1.